The smallest absolute Gasteiger partial charge is 0.314 e. The Hall–Kier alpha value is -3.81. The molecule has 8 heteroatoms. The molecule has 242 valence electrons. The lowest BCUT2D eigenvalue weighted by molar-refractivity contribution is -0.160. The molecule has 0 atom stereocenters. The number of rotatable bonds is 15. The maximum Gasteiger partial charge on any atom is 0.314 e. The van der Waals surface area contributed by atoms with Gasteiger partial charge < -0.3 is 23.7 Å². The molecule has 0 saturated heterocycles. The summed E-state index contributed by atoms with van der Waals surface area (Å²) in [6.45, 7) is 18.4. The van der Waals surface area contributed by atoms with Gasteiger partial charge in [-0.3, -0.25) is 14.4 Å². The van der Waals surface area contributed by atoms with Crippen LogP contribution < -0.4 is 14.2 Å². The van der Waals surface area contributed by atoms with Crippen LogP contribution in [0.1, 0.15) is 109 Å². The number of ether oxygens (including phenoxy) is 5. The van der Waals surface area contributed by atoms with Gasteiger partial charge in [-0.25, -0.2) is 0 Å². The van der Waals surface area contributed by atoms with E-state index in [9.17, 15) is 14.4 Å². The summed E-state index contributed by atoms with van der Waals surface area (Å²) in [5.41, 5.74) is 1.85. The van der Waals surface area contributed by atoms with Gasteiger partial charge in [-0.05, 0) is 116 Å². The zero-order valence-corrected chi connectivity index (χ0v) is 28.1. The highest BCUT2D eigenvalue weighted by Crippen LogP contribution is 2.39. The summed E-state index contributed by atoms with van der Waals surface area (Å²) in [7, 11) is 0. The summed E-state index contributed by atoms with van der Waals surface area (Å²) < 4.78 is 28.5. The highest BCUT2D eigenvalue weighted by atomic mass is 16.7. The summed E-state index contributed by atoms with van der Waals surface area (Å²) in [5, 5.41) is 0. The topological polar surface area (TPSA) is 97.4 Å². The first kappa shape index (κ1) is 36.4. The first-order valence-corrected chi connectivity index (χ1v) is 15.4. The van der Waals surface area contributed by atoms with Gasteiger partial charge in [0.2, 0.25) is 13.6 Å². The number of aryl methyl sites for hydroxylation is 1. The van der Waals surface area contributed by atoms with E-state index < -0.39 is 10.8 Å². The minimum absolute atomic E-state index is 0.118. The Kier molecular flexibility index (Phi) is 13.5. The third-order valence-electron chi connectivity index (χ3n) is 6.39. The van der Waals surface area contributed by atoms with Crippen molar-refractivity contribution < 1.29 is 38.1 Å². The highest BCUT2D eigenvalue weighted by molar-refractivity contribution is 6.07. The Morgan fingerprint density at radius 3 is 1.82 bits per heavy atom. The van der Waals surface area contributed by atoms with Gasteiger partial charge in [-0.1, -0.05) is 26.7 Å². The van der Waals surface area contributed by atoms with Crippen LogP contribution in [0, 0.1) is 10.8 Å². The lowest BCUT2D eigenvalue weighted by atomic mass is 9.95. The van der Waals surface area contributed by atoms with Gasteiger partial charge in [0, 0.05) is 16.7 Å². The molecule has 0 amide bonds. The lowest BCUT2D eigenvalue weighted by Crippen LogP contribution is -2.25. The van der Waals surface area contributed by atoms with Crippen LogP contribution in [0.3, 0.4) is 0 Å². The van der Waals surface area contributed by atoms with Crippen molar-refractivity contribution in [3.63, 3.8) is 0 Å². The maximum atomic E-state index is 13.1. The molecule has 8 nitrogen and oxygen atoms in total. The SMILES string of the molecule is CCCc1cc(/C=C/C(=O)c2ccc(OCOC(=O)C(C)(C)C)cc2)c(OC(C)C)c(CCC)c1OCOC(=O)C(C)(C)C. The highest BCUT2D eigenvalue weighted by Gasteiger charge is 2.25. The van der Waals surface area contributed by atoms with Crippen LogP contribution >= 0.6 is 0 Å². The molecule has 0 fully saturated rings. The van der Waals surface area contributed by atoms with Gasteiger partial charge >= 0.3 is 11.9 Å². The molecule has 0 N–H and O–H groups in total. The van der Waals surface area contributed by atoms with E-state index in [-0.39, 0.29) is 37.4 Å². The Morgan fingerprint density at radius 2 is 1.32 bits per heavy atom. The van der Waals surface area contributed by atoms with Crippen molar-refractivity contribution in [1.82, 2.24) is 0 Å². The van der Waals surface area contributed by atoms with Crippen molar-refractivity contribution in [1.29, 1.82) is 0 Å². The van der Waals surface area contributed by atoms with Gasteiger partial charge in [0.05, 0.1) is 16.9 Å². The van der Waals surface area contributed by atoms with Crippen molar-refractivity contribution in [2.75, 3.05) is 13.6 Å². The fraction of sp³-hybridized carbons (Fsp3) is 0.528. The molecule has 0 heterocycles. The van der Waals surface area contributed by atoms with E-state index in [1.165, 1.54) is 6.08 Å². The quantitative estimate of drug-likeness (QED) is 0.0863. The van der Waals surface area contributed by atoms with Gasteiger partial charge in [-0.15, -0.1) is 0 Å². The normalized spacial score (nSPS) is 11.9. The molecule has 0 aliphatic rings. The molecular formula is C36H50O8. The fourth-order valence-corrected chi connectivity index (χ4v) is 4.10. The van der Waals surface area contributed by atoms with Crippen LogP contribution in [0.4, 0.5) is 0 Å². The number of allylic oxidation sites excluding steroid dienone is 1. The molecule has 2 rings (SSSR count). The van der Waals surface area contributed by atoms with E-state index in [0.717, 1.165) is 36.0 Å². The Morgan fingerprint density at radius 1 is 0.773 bits per heavy atom. The Balaban J connectivity index is 2.34. The van der Waals surface area contributed by atoms with Crippen molar-refractivity contribution in [2.24, 2.45) is 10.8 Å². The summed E-state index contributed by atoms with van der Waals surface area (Å²) in [4.78, 5) is 37.4. The van der Waals surface area contributed by atoms with Crippen molar-refractivity contribution in [3.05, 3.63) is 58.7 Å². The minimum atomic E-state index is -0.636. The number of hydrogen-bond donors (Lipinski definition) is 0. The first-order valence-electron chi connectivity index (χ1n) is 15.4. The molecule has 0 radical (unpaired) electrons. The molecule has 44 heavy (non-hydrogen) atoms. The average molecular weight is 611 g/mol. The third kappa shape index (κ3) is 11.0. The van der Waals surface area contributed by atoms with E-state index >= 15 is 0 Å². The molecular weight excluding hydrogens is 560 g/mol. The molecule has 0 unspecified atom stereocenters. The molecule has 2 aromatic rings. The molecule has 0 saturated carbocycles. The Labute approximate surface area is 263 Å². The lowest BCUT2D eigenvalue weighted by Gasteiger charge is -2.23. The van der Waals surface area contributed by atoms with Gasteiger partial charge in [-0.2, -0.15) is 0 Å². The second-order valence-electron chi connectivity index (χ2n) is 13.0. The van der Waals surface area contributed by atoms with E-state index in [1.54, 1.807) is 71.9 Å². The largest absolute Gasteiger partial charge is 0.490 e. The predicted octanol–water partition coefficient (Wildman–Crippen LogP) is 8.13. The molecule has 0 spiro atoms. The molecule has 0 bridgehead atoms. The summed E-state index contributed by atoms with van der Waals surface area (Å²) >= 11 is 0. The maximum absolute atomic E-state index is 13.1. The van der Waals surface area contributed by atoms with Crippen LogP contribution in [0.15, 0.2) is 36.4 Å². The predicted molar refractivity (Wildman–Crippen MR) is 172 cm³/mol. The summed E-state index contributed by atoms with van der Waals surface area (Å²) in [6.07, 6.45) is 6.32. The van der Waals surface area contributed by atoms with E-state index in [1.807, 2.05) is 19.9 Å². The van der Waals surface area contributed by atoms with Crippen LogP contribution in [-0.2, 0) is 31.9 Å². The van der Waals surface area contributed by atoms with Crippen LogP contribution in [0.25, 0.3) is 6.08 Å². The summed E-state index contributed by atoms with van der Waals surface area (Å²) in [5.74, 6) is 0.913. The van der Waals surface area contributed by atoms with Gasteiger partial charge in [0.15, 0.2) is 5.78 Å². The first-order chi connectivity index (χ1) is 20.6. The Bertz CT molecular complexity index is 1290. The fourth-order valence-electron chi connectivity index (χ4n) is 4.10. The molecule has 0 aliphatic heterocycles. The van der Waals surface area contributed by atoms with Crippen molar-refractivity contribution in [2.45, 2.75) is 101 Å². The molecule has 2 aromatic carbocycles. The van der Waals surface area contributed by atoms with Crippen LogP contribution in [-0.4, -0.2) is 37.4 Å². The van der Waals surface area contributed by atoms with E-state index in [0.29, 0.717) is 29.2 Å². The second-order valence-corrected chi connectivity index (χ2v) is 13.0. The third-order valence-corrected chi connectivity index (χ3v) is 6.39. The number of esters is 2. The molecule has 0 aliphatic carbocycles. The minimum Gasteiger partial charge on any atom is -0.490 e. The van der Waals surface area contributed by atoms with Gasteiger partial charge in [0.1, 0.15) is 17.2 Å². The number of hydrogen-bond acceptors (Lipinski definition) is 8. The van der Waals surface area contributed by atoms with Crippen molar-refractivity contribution >= 4 is 23.8 Å². The summed E-state index contributed by atoms with van der Waals surface area (Å²) in [6, 6.07) is 8.65. The number of benzene rings is 2. The number of carbonyl (C=O) groups excluding carboxylic acids is 3. The van der Waals surface area contributed by atoms with Gasteiger partial charge in [0.25, 0.3) is 0 Å². The number of ketones is 1. The zero-order chi connectivity index (χ0) is 33.1. The van der Waals surface area contributed by atoms with Crippen LogP contribution in [0.2, 0.25) is 0 Å². The van der Waals surface area contributed by atoms with E-state index in [2.05, 4.69) is 13.8 Å². The number of carbonyl (C=O) groups is 3. The van der Waals surface area contributed by atoms with Crippen LogP contribution in [0.5, 0.6) is 17.2 Å². The second kappa shape index (κ2) is 16.3. The zero-order valence-electron chi connectivity index (χ0n) is 28.1. The molecule has 0 aromatic heterocycles. The standard InChI is InChI=1S/C36H50O8/c1-11-13-26-21-27(17-20-30(37)25-15-18-28(19-16-25)40-22-42-33(38)35(5,6)7)32(44-24(3)4)29(14-12-2)31(26)41-23-43-34(39)36(8,9)10/h15-21,24H,11-14,22-23H2,1-10H3/b20-17+. The monoisotopic (exact) mass is 610 g/mol. The van der Waals surface area contributed by atoms with E-state index in [4.69, 9.17) is 23.7 Å². The average Bonchev–Trinajstić information content (AvgIpc) is 2.93. The van der Waals surface area contributed by atoms with Crippen molar-refractivity contribution in [3.8, 4) is 17.2 Å².